The summed E-state index contributed by atoms with van der Waals surface area (Å²) >= 11 is 1.75. The summed E-state index contributed by atoms with van der Waals surface area (Å²) in [6.45, 7) is 3.45. The molecule has 0 aliphatic carbocycles. The van der Waals surface area contributed by atoms with Gasteiger partial charge in [0.1, 0.15) is 0 Å². The maximum absolute atomic E-state index is 13.3. The molecule has 22 heavy (non-hydrogen) atoms. The molecule has 0 saturated carbocycles. The van der Waals surface area contributed by atoms with Crippen molar-refractivity contribution in [2.75, 3.05) is 16.8 Å². The van der Waals surface area contributed by atoms with E-state index in [0.29, 0.717) is 5.95 Å². The zero-order chi connectivity index (χ0) is 15.9. The second-order valence-corrected chi connectivity index (χ2v) is 5.96. The predicted molar refractivity (Wildman–Crippen MR) is 88.6 cm³/mol. The lowest BCUT2D eigenvalue weighted by atomic mass is 10.3. The third kappa shape index (κ3) is 4.84. The van der Waals surface area contributed by atoms with Crippen molar-refractivity contribution in [2.45, 2.75) is 37.4 Å². The lowest BCUT2D eigenvalue weighted by Gasteiger charge is -2.17. The molecule has 0 saturated heterocycles. The van der Waals surface area contributed by atoms with Gasteiger partial charge in [-0.3, -0.25) is 0 Å². The number of alkyl halides is 1. The van der Waals surface area contributed by atoms with Crippen molar-refractivity contribution in [1.29, 1.82) is 0 Å². The minimum absolute atomic E-state index is 0.0302. The number of benzene rings is 1. The van der Waals surface area contributed by atoms with Gasteiger partial charge in [0.25, 0.3) is 0 Å². The summed E-state index contributed by atoms with van der Waals surface area (Å²) < 4.78 is 13.3. The second-order valence-electron chi connectivity index (χ2n) is 4.86. The van der Waals surface area contributed by atoms with E-state index >= 15 is 0 Å². The molecule has 5 nitrogen and oxygen atoms in total. The van der Waals surface area contributed by atoms with Crippen LogP contribution in [0.25, 0.3) is 0 Å². The van der Waals surface area contributed by atoms with E-state index in [0.717, 1.165) is 12.2 Å². The van der Waals surface area contributed by atoms with Crippen LogP contribution in [0, 0.1) is 0 Å². The molecule has 1 heterocycles. The fourth-order valence-electron chi connectivity index (χ4n) is 1.81. The summed E-state index contributed by atoms with van der Waals surface area (Å²) in [6.07, 6.45) is -0.379. The first-order chi connectivity index (χ1) is 10.6. The zero-order valence-electron chi connectivity index (χ0n) is 12.7. The Hall–Kier alpha value is -1.89. The van der Waals surface area contributed by atoms with Gasteiger partial charge in [-0.1, -0.05) is 25.1 Å². The predicted octanol–water partition coefficient (Wildman–Crippen LogP) is 3.47. The van der Waals surface area contributed by atoms with Crippen LogP contribution >= 0.6 is 11.8 Å². The number of halogens is 1. The largest absolute Gasteiger partial charge is 0.368 e. The fraction of sp³-hybridized carbons (Fsp3) is 0.400. The monoisotopic (exact) mass is 321 g/mol. The summed E-state index contributed by atoms with van der Waals surface area (Å²) in [7, 11) is 0. The number of hydrogen-bond acceptors (Lipinski definition) is 6. The highest BCUT2D eigenvalue weighted by Crippen LogP contribution is 2.20. The van der Waals surface area contributed by atoms with Crippen molar-refractivity contribution >= 4 is 23.7 Å². The SMILES string of the molecule is CCC(CSc1ccccc1)Nc1nc(N)nc(C(C)F)n1. The molecular weight excluding hydrogens is 301 g/mol. The van der Waals surface area contributed by atoms with Gasteiger partial charge in [0.15, 0.2) is 12.0 Å². The van der Waals surface area contributed by atoms with E-state index in [4.69, 9.17) is 5.73 Å². The van der Waals surface area contributed by atoms with Gasteiger partial charge in [0.05, 0.1) is 0 Å². The van der Waals surface area contributed by atoms with Crippen molar-refractivity contribution in [3.63, 3.8) is 0 Å². The molecule has 0 fully saturated rings. The van der Waals surface area contributed by atoms with Crippen LogP contribution in [0.2, 0.25) is 0 Å². The van der Waals surface area contributed by atoms with Crippen molar-refractivity contribution in [3.05, 3.63) is 36.2 Å². The molecule has 1 aromatic heterocycles. The van der Waals surface area contributed by atoms with Crippen molar-refractivity contribution in [1.82, 2.24) is 15.0 Å². The number of nitrogens with zero attached hydrogens (tertiary/aromatic N) is 3. The van der Waals surface area contributed by atoms with Crippen LogP contribution < -0.4 is 11.1 Å². The van der Waals surface area contributed by atoms with Crippen LogP contribution in [0.5, 0.6) is 0 Å². The highest BCUT2D eigenvalue weighted by atomic mass is 32.2. The highest BCUT2D eigenvalue weighted by Gasteiger charge is 2.13. The summed E-state index contributed by atoms with van der Waals surface area (Å²) in [5, 5.41) is 3.21. The number of thioether (sulfide) groups is 1. The smallest absolute Gasteiger partial charge is 0.228 e. The summed E-state index contributed by atoms with van der Waals surface area (Å²) in [6, 6.07) is 10.3. The molecule has 7 heteroatoms. The molecule has 2 unspecified atom stereocenters. The molecule has 0 aliphatic heterocycles. The number of anilines is 2. The summed E-state index contributed by atoms with van der Waals surface area (Å²) in [5.41, 5.74) is 5.61. The molecule has 1 aromatic carbocycles. The Kier molecular flexibility index (Phi) is 5.94. The van der Waals surface area contributed by atoms with E-state index in [1.54, 1.807) is 11.8 Å². The van der Waals surface area contributed by atoms with Crippen LogP contribution in [0.4, 0.5) is 16.3 Å². The van der Waals surface area contributed by atoms with Gasteiger partial charge in [-0.15, -0.1) is 11.8 Å². The van der Waals surface area contributed by atoms with Crippen LogP contribution in [-0.2, 0) is 0 Å². The van der Waals surface area contributed by atoms with E-state index in [9.17, 15) is 4.39 Å². The molecule has 0 aliphatic rings. The molecule has 0 bridgehead atoms. The van der Waals surface area contributed by atoms with Gasteiger partial charge in [-0.25, -0.2) is 4.39 Å². The number of hydrogen-bond donors (Lipinski definition) is 2. The molecule has 2 aromatic rings. The van der Waals surface area contributed by atoms with Gasteiger partial charge in [0, 0.05) is 16.7 Å². The topological polar surface area (TPSA) is 76.7 Å². The Morgan fingerprint density at radius 1 is 1.23 bits per heavy atom. The first-order valence-electron chi connectivity index (χ1n) is 7.18. The first-order valence-corrected chi connectivity index (χ1v) is 8.17. The average molecular weight is 321 g/mol. The van der Waals surface area contributed by atoms with Gasteiger partial charge >= 0.3 is 0 Å². The van der Waals surface area contributed by atoms with E-state index in [2.05, 4.69) is 39.3 Å². The van der Waals surface area contributed by atoms with Crippen LogP contribution in [0.1, 0.15) is 32.3 Å². The molecule has 0 radical (unpaired) electrons. The minimum Gasteiger partial charge on any atom is -0.368 e. The van der Waals surface area contributed by atoms with Crippen molar-refractivity contribution in [2.24, 2.45) is 0 Å². The van der Waals surface area contributed by atoms with Gasteiger partial charge in [-0.2, -0.15) is 15.0 Å². The van der Waals surface area contributed by atoms with Crippen LogP contribution in [0.15, 0.2) is 35.2 Å². The fourth-order valence-corrected chi connectivity index (χ4v) is 2.87. The van der Waals surface area contributed by atoms with Crippen LogP contribution in [0.3, 0.4) is 0 Å². The number of aromatic nitrogens is 3. The van der Waals surface area contributed by atoms with E-state index < -0.39 is 6.17 Å². The quantitative estimate of drug-likeness (QED) is 0.761. The summed E-state index contributed by atoms with van der Waals surface area (Å²) in [5.74, 6) is 1.27. The summed E-state index contributed by atoms with van der Waals surface area (Å²) in [4.78, 5) is 13.1. The zero-order valence-corrected chi connectivity index (χ0v) is 13.5. The molecule has 0 spiro atoms. The Morgan fingerprint density at radius 2 is 1.95 bits per heavy atom. The van der Waals surface area contributed by atoms with Gasteiger partial charge in [0.2, 0.25) is 11.9 Å². The van der Waals surface area contributed by atoms with Crippen molar-refractivity contribution < 1.29 is 4.39 Å². The van der Waals surface area contributed by atoms with Gasteiger partial charge < -0.3 is 11.1 Å². The van der Waals surface area contributed by atoms with Crippen LogP contribution in [-0.4, -0.2) is 26.7 Å². The second kappa shape index (κ2) is 7.93. The van der Waals surface area contributed by atoms with E-state index in [1.165, 1.54) is 11.8 Å². The normalized spacial score (nSPS) is 13.6. The number of rotatable bonds is 7. The number of nitrogens with two attached hydrogens (primary N) is 1. The number of nitrogen functional groups attached to an aromatic ring is 1. The maximum Gasteiger partial charge on any atom is 0.228 e. The third-order valence-corrected chi connectivity index (χ3v) is 4.22. The first kappa shape index (κ1) is 16.5. The van der Waals surface area contributed by atoms with Crippen molar-refractivity contribution in [3.8, 4) is 0 Å². The lowest BCUT2D eigenvalue weighted by Crippen LogP contribution is -2.23. The highest BCUT2D eigenvalue weighted by molar-refractivity contribution is 7.99. The van der Waals surface area contributed by atoms with Gasteiger partial charge in [-0.05, 0) is 25.5 Å². The van der Waals surface area contributed by atoms with E-state index in [-0.39, 0.29) is 17.8 Å². The molecule has 2 rings (SSSR count). The number of nitrogens with one attached hydrogen (secondary N) is 1. The lowest BCUT2D eigenvalue weighted by molar-refractivity contribution is 0.356. The Balaban J connectivity index is 2.00. The Bertz CT molecular complexity index is 594. The molecule has 0 amide bonds. The maximum atomic E-state index is 13.3. The Labute approximate surface area is 134 Å². The standard InChI is InChI=1S/C15H20FN5S/c1-3-11(9-22-12-7-5-4-6-8-12)18-15-20-13(10(2)16)19-14(17)21-15/h4-8,10-11H,3,9H2,1-2H3,(H3,17,18,19,20,21). The van der Waals surface area contributed by atoms with E-state index in [1.807, 2.05) is 18.2 Å². The average Bonchev–Trinajstić information content (AvgIpc) is 2.51. The molecular formula is C15H20FN5S. The minimum atomic E-state index is -1.27. The Morgan fingerprint density at radius 3 is 2.59 bits per heavy atom. The molecule has 2 atom stereocenters. The molecule has 3 N–H and O–H groups in total. The third-order valence-electron chi connectivity index (χ3n) is 3.05. The molecule has 118 valence electrons.